The third-order valence-corrected chi connectivity index (χ3v) is 4.96. The predicted molar refractivity (Wildman–Crippen MR) is 101 cm³/mol. The number of halogens is 4. The molecule has 4 aromatic rings. The van der Waals surface area contributed by atoms with Crippen LogP contribution in [0.1, 0.15) is 6.42 Å². The lowest BCUT2D eigenvalue weighted by molar-refractivity contribution is -0.122. The van der Waals surface area contributed by atoms with Crippen molar-refractivity contribution in [1.82, 2.24) is 24.1 Å². The molecule has 1 aliphatic carbocycles. The van der Waals surface area contributed by atoms with Crippen LogP contribution >= 0.6 is 0 Å². The number of carbonyl (C=O) groups is 1. The summed E-state index contributed by atoms with van der Waals surface area (Å²) in [7, 11) is 0. The molecule has 1 atom stereocenters. The highest BCUT2D eigenvalue weighted by atomic mass is 19.3. The fraction of sp³-hybridized carbons (Fsp3) is 0.200. The quantitative estimate of drug-likeness (QED) is 0.390. The fourth-order valence-electron chi connectivity index (χ4n) is 3.35. The maximum absolute atomic E-state index is 13.8. The normalized spacial score (nSPS) is 16.6. The predicted octanol–water partition coefficient (Wildman–Crippen LogP) is 3.89. The van der Waals surface area contributed by atoms with Crippen LogP contribution in [-0.4, -0.2) is 41.7 Å². The minimum atomic E-state index is -2.68. The second kappa shape index (κ2) is 7.82. The number of alkyl halides is 2. The van der Waals surface area contributed by atoms with Gasteiger partial charge < -0.3 is 9.67 Å². The monoisotopic (exact) mass is 433 g/mol. The summed E-state index contributed by atoms with van der Waals surface area (Å²) in [4.78, 5) is 16.8. The van der Waals surface area contributed by atoms with Crippen molar-refractivity contribution in [2.45, 2.75) is 18.9 Å². The maximum Gasteiger partial charge on any atom is 0.290 e. The number of fused-ring (bicyclic) bond motifs is 1. The molecule has 1 aliphatic rings. The van der Waals surface area contributed by atoms with E-state index in [0.717, 1.165) is 12.1 Å². The summed E-state index contributed by atoms with van der Waals surface area (Å²) in [5.74, 6) is -5.41. The molecule has 1 unspecified atom stereocenters. The van der Waals surface area contributed by atoms with E-state index >= 15 is 0 Å². The number of nitrogens with zero attached hydrogens (tertiary/aromatic N) is 5. The van der Waals surface area contributed by atoms with E-state index in [2.05, 4.69) is 15.1 Å². The number of rotatable bonds is 4. The lowest BCUT2D eigenvalue weighted by atomic mass is 10.0. The van der Waals surface area contributed by atoms with Crippen molar-refractivity contribution in [3.05, 3.63) is 60.8 Å². The summed E-state index contributed by atoms with van der Waals surface area (Å²) in [5, 5.41) is 10.9. The molecule has 3 aromatic heterocycles. The van der Waals surface area contributed by atoms with Crippen LogP contribution in [0.3, 0.4) is 0 Å². The standard InChI is InChI=1S/C19H13F4N5.CH2O2/c20-14-2-1-11(5-15(14)21)17-18(12-3-4-28-16(6-12)24-9-26-28)27(10-25-17)8-13-7-19(13,22)23;2-1-3/h1-6,9-10,13H,7-8H2;1H,(H,2,3). The van der Waals surface area contributed by atoms with Crippen molar-refractivity contribution in [1.29, 1.82) is 0 Å². The van der Waals surface area contributed by atoms with Crippen LogP contribution < -0.4 is 0 Å². The highest BCUT2D eigenvalue weighted by Gasteiger charge is 2.56. The van der Waals surface area contributed by atoms with Crippen molar-refractivity contribution < 1.29 is 27.5 Å². The number of aromatic nitrogens is 5. The molecule has 0 spiro atoms. The first kappa shape index (κ1) is 20.5. The number of benzene rings is 1. The average Bonchev–Trinajstić information content (AvgIpc) is 3.09. The van der Waals surface area contributed by atoms with Gasteiger partial charge in [-0.3, -0.25) is 4.79 Å². The van der Waals surface area contributed by atoms with Crippen molar-refractivity contribution in [3.8, 4) is 22.5 Å². The zero-order chi connectivity index (χ0) is 22.2. The molecule has 0 saturated heterocycles. The van der Waals surface area contributed by atoms with E-state index in [1.807, 2.05) is 0 Å². The Balaban J connectivity index is 0.000000730. The minimum Gasteiger partial charge on any atom is -0.483 e. The Labute approximate surface area is 172 Å². The van der Waals surface area contributed by atoms with Gasteiger partial charge in [-0.1, -0.05) is 0 Å². The number of imidazole rings is 1. The van der Waals surface area contributed by atoms with Crippen LogP contribution in [0.15, 0.2) is 49.2 Å². The van der Waals surface area contributed by atoms with Crippen LogP contribution in [-0.2, 0) is 11.3 Å². The van der Waals surface area contributed by atoms with Crippen molar-refractivity contribution in [3.63, 3.8) is 0 Å². The average molecular weight is 433 g/mol. The summed E-state index contributed by atoms with van der Waals surface area (Å²) in [6, 6.07) is 6.98. The molecule has 0 aliphatic heterocycles. The second-order valence-corrected chi connectivity index (χ2v) is 6.97. The van der Waals surface area contributed by atoms with E-state index in [1.54, 1.807) is 27.4 Å². The Kier molecular flexibility index (Phi) is 5.17. The van der Waals surface area contributed by atoms with Crippen molar-refractivity contribution in [2.24, 2.45) is 5.92 Å². The summed E-state index contributed by atoms with van der Waals surface area (Å²) < 4.78 is 57.2. The van der Waals surface area contributed by atoms with E-state index in [0.29, 0.717) is 28.2 Å². The number of hydrogen-bond acceptors (Lipinski definition) is 4. The second-order valence-electron chi connectivity index (χ2n) is 6.97. The summed E-state index contributed by atoms with van der Waals surface area (Å²) in [6.07, 6.45) is 4.37. The zero-order valence-corrected chi connectivity index (χ0v) is 15.8. The third-order valence-electron chi connectivity index (χ3n) is 4.96. The van der Waals surface area contributed by atoms with Gasteiger partial charge in [0.2, 0.25) is 0 Å². The van der Waals surface area contributed by atoms with Crippen LogP contribution in [0.25, 0.3) is 28.2 Å². The van der Waals surface area contributed by atoms with Gasteiger partial charge in [0.1, 0.15) is 6.33 Å². The first-order valence-electron chi connectivity index (χ1n) is 9.10. The molecule has 1 fully saturated rings. The molecule has 1 saturated carbocycles. The van der Waals surface area contributed by atoms with E-state index in [1.165, 1.54) is 18.7 Å². The van der Waals surface area contributed by atoms with E-state index in [9.17, 15) is 17.6 Å². The smallest absolute Gasteiger partial charge is 0.290 e. The topological polar surface area (TPSA) is 85.3 Å². The van der Waals surface area contributed by atoms with Gasteiger partial charge in [0, 0.05) is 36.2 Å². The molecule has 3 heterocycles. The minimum absolute atomic E-state index is 0.0802. The molecule has 1 N–H and O–H groups in total. The molecular weight excluding hydrogens is 418 g/mol. The van der Waals surface area contributed by atoms with Crippen LogP contribution in [0.2, 0.25) is 0 Å². The molecule has 0 bridgehead atoms. The van der Waals surface area contributed by atoms with E-state index < -0.39 is 23.5 Å². The molecule has 11 heteroatoms. The first-order valence-corrected chi connectivity index (χ1v) is 9.10. The third kappa shape index (κ3) is 3.98. The maximum atomic E-state index is 13.8. The first-order chi connectivity index (χ1) is 14.8. The van der Waals surface area contributed by atoms with Gasteiger partial charge in [-0.25, -0.2) is 32.0 Å². The molecule has 0 amide bonds. The largest absolute Gasteiger partial charge is 0.483 e. The molecular formula is C20H15F4N5O2. The Morgan fingerprint density at radius 3 is 2.55 bits per heavy atom. The Morgan fingerprint density at radius 2 is 1.87 bits per heavy atom. The van der Waals surface area contributed by atoms with Gasteiger partial charge in [0.15, 0.2) is 17.3 Å². The van der Waals surface area contributed by atoms with Crippen LogP contribution in [0.5, 0.6) is 0 Å². The van der Waals surface area contributed by atoms with Gasteiger partial charge in [0.05, 0.1) is 17.7 Å². The number of hydrogen-bond donors (Lipinski definition) is 1. The Hall–Kier alpha value is -3.76. The molecule has 1 aromatic carbocycles. The molecule has 31 heavy (non-hydrogen) atoms. The number of pyridine rings is 1. The highest BCUT2D eigenvalue weighted by Crippen LogP contribution is 2.50. The van der Waals surface area contributed by atoms with Gasteiger partial charge in [0.25, 0.3) is 12.4 Å². The van der Waals surface area contributed by atoms with Gasteiger partial charge in [-0.15, -0.1) is 0 Å². The lowest BCUT2D eigenvalue weighted by Crippen LogP contribution is -2.06. The van der Waals surface area contributed by atoms with Crippen LogP contribution in [0, 0.1) is 17.6 Å². The molecule has 160 valence electrons. The van der Waals surface area contributed by atoms with E-state index in [4.69, 9.17) is 9.90 Å². The molecule has 7 nitrogen and oxygen atoms in total. The molecule has 5 rings (SSSR count). The highest BCUT2D eigenvalue weighted by molar-refractivity contribution is 5.79. The van der Waals surface area contributed by atoms with E-state index in [-0.39, 0.29) is 19.4 Å². The molecule has 0 radical (unpaired) electrons. The summed E-state index contributed by atoms with van der Waals surface area (Å²) in [6.45, 7) is -0.170. The van der Waals surface area contributed by atoms with Gasteiger partial charge in [-0.05, 0) is 30.3 Å². The zero-order valence-electron chi connectivity index (χ0n) is 15.8. The Bertz CT molecular complexity index is 1250. The summed E-state index contributed by atoms with van der Waals surface area (Å²) >= 11 is 0. The van der Waals surface area contributed by atoms with Gasteiger partial charge >= 0.3 is 0 Å². The summed E-state index contributed by atoms with van der Waals surface area (Å²) in [5.41, 5.74) is 2.52. The fourth-order valence-corrected chi connectivity index (χ4v) is 3.35. The SMILES string of the molecule is Fc1ccc(-c2ncn(CC3CC3(F)F)c2-c2ccn3ncnc3c2)cc1F.O=CO. The van der Waals surface area contributed by atoms with Gasteiger partial charge in [-0.2, -0.15) is 5.10 Å². The van der Waals surface area contributed by atoms with Crippen molar-refractivity contribution in [2.75, 3.05) is 0 Å². The van der Waals surface area contributed by atoms with Crippen molar-refractivity contribution >= 4 is 12.1 Å². The lowest BCUT2D eigenvalue weighted by Gasteiger charge is -2.11. The van der Waals surface area contributed by atoms with Crippen LogP contribution in [0.4, 0.5) is 17.6 Å². The Morgan fingerprint density at radius 1 is 1.13 bits per heavy atom. The number of carboxylic acid groups (broad SMARTS) is 1.